The van der Waals surface area contributed by atoms with Crippen molar-refractivity contribution in [2.24, 2.45) is 17.6 Å². The van der Waals surface area contributed by atoms with Crippen LogP contribution < -0.4 is 16.4 Å². The summed E-state index contributed by atoms with van der Waals surface area (Å²) in [6, 6.07) is 0.267. The molecule has 4 N–H and O–H groups in total. The van der Waals surface area contributed by atoms with Crippen LogP contribution in [0.5, 0.6) is 0 Å². The Bertz CT molecular complexity index is 340. The summed E-state index contributed by atoms with van der Waals surface area (Å²) in [5.74, 6) is -0.296. The minimum absolute atomic E-state index is 0.0203. The minimum Gasteiger partial charge on any atom is -0.379 e. The van der Waals surface area contributed by atoms with E-state index >= 15 is 0 Å². The van der Waals surface area contributed by atoms with Gasteiger partial charge in [0.2, 0.25) is 11.8 Å². The second-order valence-corrected chi connectivity index (χ2v) is 5.50. The van der Waals surface area contributed by atoms with Crippen LogP contribution in [0.1, 0.15) is 25.7 Å². The van der Waals surface area contributed by atoms with E-state index in [0.29, 0.717) is 13.2 Å². The fraction of sp³-hybridized carbons (Fsp3) is 0.846. The van der Waals surface area contributed by atoms with Gasteiger partial charge in [0.1, 0.15) is 0 Å². The SMILES string of the molecule is CNC1COCC1C(=O)NC1CCC(C(N)=O)CC1. The van der Waals surface area contributed by atoms with E-state index in [1.807, 2.05) is 7.05 Å². The van der Waals surface area contributed by atoms with E-state index in [1.54, 1.807) is 0 Å². The van der Waals surface area contributed by atoms with E-state index in [-0.39, 0.29) is 35.7 Å². The van der Waals surface area contributed by atoms with Gasteiger partial charge in [0.15, 0.2) is 0 Å². The van der Waals surface area contributed by atoms with Gasteiger partial charge >= 0.3 is 0 Å². The van der Waals surface area contributed by atoms with Crippen LogP contribution in [0.3, 0.4) is 0 Å². The van der Waals surface area contributed by atoms with Crippen LogP contribution in [0.2, 0.25) is 0 Å². The number of primary amides is 1. The number of hydrogen-bond acceptors (Lipinski definition) is 4. The van der Waals surface area contributed by atoms with E-state index in [0.717, 1.165) is 25.7 Å². The molecule has 6 heteroatoms. The molecule has 1 saturated carbocycles. The van der Waals surface area contributed by atoms with Crippen LogP contribution in [-0.2, 0) is 14.3 Å². The van der Waals surface area contributed by atoms with Gasteiger partial charge in [-0.2, -0.15) is 0 Å². The molecule has 2 aliphatic rings. The van der Waals surface area contributed by atoms with Gasteiger partial charge in [0.05, 0.1) is 19.1 Å². The minimum atomic E-state index is -0.218. The Labute approximate surface area is 113 Å². The largest absolute Gasteiger partial charge is 0.379 e. The summed E-state index contributed by atoms with van der Waals surface area (Å²) in [5.41, 5.74) is 5.30. The number of nitrogens with two attached hydrogens (primary N) is 1. The van der Waals surface area contributed by atoms with Crippen molar-refractivity contribution < 1.29 is 14.3 Å². The Morgan fingerprint density at radius 3 is 2.42 bits per heavy atom. The molecule has 2 amide bonds. The summed E-state index contributed by atoms with van der Waals surface area (Å²) < 4.78 is 5.33. The molecule has 0 spiro atoms. The zero-order chi connectivity index (χ0) is 13.8. The van der Waals surface area contributed by atoms with Gasteiger partial charge in [-0.25, -0.2) is 0 Å². The predicted molar refractivity (Wildman–Crippen MR) is 70.2 cm³/mol. The summed E-state index contributed by atoms with van der Waals surface area (Å²) in [5, 5.41) is 6.18. The second kappa shape index (κ2) is 6.34. The first-order valence-electron chi connectivity index (χ1n) is 6.96. The number of hydrogen-bond donors (Lipinski definition) is 3. The lowest BCUT2D eigenvalue weighted by Crippen LogP contribution is -2.47. The third kappa shape index (κ3) is 3.45. The Kier molecular flexibility index (Phi) is 4.76. The maximum Gasteiger partial charge on any atom is 0.227 e. The molecule has 1 aliphatic carbocycles. The van der Waals surface area contributed by atoms with Gasteiger partial charge < -0.3 is 21.1 Å². The molecule has 1 saturated heterocycles. The zero-order valence-electron chi connectivity index (χ0n) is 11.4. The van der Waals surface area contributed by atoms with Crippen molar-refractivity contribution in [2.75, 3.05) is 20.3 Å². The molecule has 1 heterocycles. The maximum absolute atomic E-state index is 12.2. The Morgan fingerprint density at radius 1 is 1.16 bits per heavy atom. The molecular formula is C13H23N3O3. The highest BCUT2D eigenvalue weighted by Gasteiger charge is 2.34. The fourth-order valence-electron chi connectivity index (χ4n) is 2.93. The normalized spacial score (nSPS) is 35.0. The van der Waals surface area contributed by atoms with Gasteiger partial charge in [-0.05, 0) is 32.7 Å². The first kappa shape index (κ1) is 14.3. The van der Waals surface area contributed by atoms with Gasteiger partial charge in [0, 0.05) is 18.0 Å². The zero-order valence-corrected chi connectivity index (χ0v) is 11.4. The van der Waals surface area contributed by atoms with Crippen molar-refractivity contribution in [3.8, 4) is 0 Å². The molecule has 2 fully saturated rings. The van der Waals surface area contributed by atoms with Gasteiger partial charge in [0.25, 0.3) is 0 Å². The summed E-state index contributed by atoms with van der Waals surface area (Å²) in [6.45, 7) is 1.07. The summed E-state index contributed by atoms with van der Waals surface area (Å²) in [7, 11) is 1.84. The average Bonchev–Trinajstić information content (AvgIpc) is 2.87. The van der Waals surface area contributed by atoms with Gasteiger partial charge in [-0.3, -0.25) is 9.59 Å². The molecule has 6 nitrogen and oxygen atoms in total. The van der Waals surface area contributed by atoms with Crippen LogP contribution in [-0.4, -0.2) is 44.2 Å². The lowest BCUT2D eigenvalue weighted by molar-refractivity contribution is -0.126. The van der Waals surface area contributed by atoms with Crippen LogP contribution >= 0.6 is 0 Å². The summed E-state index contributed by atoms with van der Waals surface area (Å²) in [4.78, 5) is 23.3. The molecule has 1 aliphatic heterocycles. The van der Waals surface area contributed by atoms with Crippen LogP contribution in [0.15, 0.2) is 0 Å². The van der Waals surface area contributed by atoms with Crippen LogP contribution in [0.25, 0.3) is 0 Å². The standard InChI is InChI=1S/C13H23N3O3/c1-15-11-7-19-6-10(11)13(18)16-9-4-2-8(3-5-9)12(14)17/h8-11,15H,2-7H2,1H3,(H2,14,17)(H,16,18). The highest BCUT2D eigenvalue weighted by atomic mass is 16.5. The number of rotatable bonds is 4. The molecule has 0 bridgehead atoms. The average molecular weight is 269 g/mol. The highest BCUT2D eigenvalue weighted by molar-refractivity contribution is 5.80. The molecule has 2 atom stereocenters. The lowest BCUT2D eigenvalue weighted by Gasteiger charge is -2.28. The molecule has 108 valence electrons. The van der Waals surface area contributed by atoms with Crippen LogP contribution in [0.4, 0.5) is 0 Å². The molecule has 0 aromatic rings. The van der Waals surface area contributed by atoms with E-state index in [2.05, 4.69) is 10.6 Å². The number of likely N-dealkylation sites (N-methyl/N-ethyl adjacent to an activating group) is 1. The number of ether oxygens (including phenoxy) is 1. The fourth-order valence-corrected chi connectivity index (χ4v) is 2.93. The number of amides is 2. The number of carbonyl (C=O) groups is 2. The predicted octanol–water partition coefficient (Wildman–Crippen LogP) is -0.619. The van der Waals surface area contributed by atoms with Crippen LogP contribution in [0, 0.1) is 11.8 Å². The first-order valence-corrected chi connectivity index (χ1v) is 6.96. The third-order valence-corrected chi connectivity index (χ3v) is 4.26. The molecular weight excluding hydrogens is 246 g/mol. The van der Waals surface area contributed by atoms with E-state index in [4.69, 9.17) is 10.5 Å². The van der Waals surface area contributed by atoms with Gasteiger partial charge in [-0.15, -0.1) is 0 Å². The molecule has 0 radical (unpaired) electrons. The Morgan fingerprint density at radius 2 is 1.84 bits per heavy atom. The van der Waals surface area contributed by atoms with Crippen molar-refractivity contribution in [3.05, 3.63) is 0 Å². The van der Waals surface area contributed by atoms with Crippen molar-refractivity contribution in [3.63, 3.8) is 0 Å². The van der Waals surface area contributed by atoms with Crippen molar-refractivity contribution in [1.82, 2.24) is 10.6 Å². The smallest absolute Gasteiger partial charge is 0.227 e. The monoisotopic (exact) mass is 269 g/mol. The number of nitrogens with one attached hydrogen (secondary N) is 2. The quantitative estimate of drug-likeness (QED) is 0.634. The van der Waals surface area contributed by atoms with Gasteiger partial charge in [-0.1, -0.05) is 0 Å². The van der Waals surface area contributed by atoms with Crippen molar-refractivity contribution in [1.29, 1.82) is 0 Å². The third-order valence-electron chi connectivity index (χ3n) is 4.26. The molecule has 19 heavy (non-hydrogen) atoms. The van der Waals surface area contributed by atoms with E-state index in [1.165, 1.54) is 0 Å². The van der Waals surface area contributed by atoms with E-state index in [9.17, 15) is 9.59 Å². The summed E-state index contributed by atoms with van der Waals surface area (Å²) >= 11 is 0. The Hall–Kier alpha value is -1.14. The summed E-state index contributed by atoms with van der Waals surface area (Å²) in [6.07, 6.45) is 3.21. The Balaban J connectivity index is 1.79. The maximum atomic E-state index is 12.2. The van der Waals surface area contributed by atoms with Crippen molar-refractivity contribution in [2.45, 2.75) is 37.8 Å². The topological polar surface area (TPSA) is 93.4 Å². The highest BCUT2D eigenvalue weighted by Crippen LogP contribution is 2.24. The second-order valence-electron chi connectivity index (χ2n) is 5.50. The molecule has 0 aromatic carbocycles. The molecule has 2 unspecified atom stereocenters. The van der Waals surface area contributed by atoms with E-state index < -0.39 is 0 Å². The molecule has 0 aromatic heterocycles. The lowest BCUT2D eigenvalue weighted by atomic mass is 9.85. The molecule has 2 rings (SSSR count). The first-order chi connectivity index (χ1) is 9.11. The van der Waals surface area contributed by atoms with Crippen molar-refractivity contribution >= 4 is 11.8 Å². The number of carbonyl (C=O) groups excluding carboxylic acids is 2.